The highest BCUT2D eigenvalue weighted by atomic mass is 32.2. The first kappa shape index (κ1) is 18.3. The zero-order valence-corrected chi connectivity index (χ0v) is 14.6. The fourth-order valence-electron chi connectivity index (χ4n) is 2.71. The number of hydrogen-bond acceptors (Lipinski definition) is 5. The third kappa shape index (κ3) is 4.25. The van der Waals surface area contributed by atoms with E-state index in [4.69, 9.17) is 0 Å². The van der Waals surface area contributed by atoms with Gasteiger partial charge in [-0.2, -0.15) is 0 Å². The minimum atomic E-state index is -0.715. The van der Waals surface area contributed by atoms with Gasteiger partial charge >= 0.3 is 0 Å². The number of nitro groups is 1. The predicted molar refractivity (Wildman–Crippen MR) is 92.2 cm³/mol. The molecule has 1 N–H and O–H groups in total. The van der Waals surface area contributed by atoms with Crippen molar-refractivity contribution in [3.8, 4) is 0 Å². The lowest BCUT2D eigenvalue weighted by molar-refractivity contribution is -0.385. The van der Waals surface area contributed by atoms with Gasteiger partial charge in [-0.05, 0) is 44.6 Å². The van der Waals surface area contributed by atoms with E-state index >= 15 is 0 Å². The van der Waals surface area contributed by atoms with E-state index in [1.807, 2.05) is 6.26 Å². The lowest BCUT2D eigenvalue weighted by atomic mass is 10.1. The van der Waals surface area contributed by atoms with Crippen molar-refractivity contribution >= 4 is 29.3 Å². The molecule has 1 fully saturated rings. The molecule has 0 saturated carbocycles. The van der Waals surface area contributed by atoms with Crippen molar-refractivity contribution in [2.24, 2.45) is 0 Å². The first-order valence-electron chi connectivity index (χ1n) is 7.86. The standard InChI is InChI=1S/C16H21N3O4S/c1-11(16(21)18-8-4-3-5-9-18)17-15(20)13-10-12(24-2)6-7-14(13)19(22)23/h6-7,10-11H,3-5,8-9H2,1-2H3,(H,17,20)/t11-/m0/s1. The first-order chi connectivity index (χ1) is 11.4. The molecule has 0 bridgehead atoms. The Morgan fingerprint density at radius 3 is 2.54 bits per heavy atom. The van der Waals surface area contributed by atoms with Gasteiger partial charge in [0.05, 0.1) is 4.92 Å². The van der Waals surface area contributed by atoms with Crippen molar-refractivity contribution in [3.05, 3.63) is 33.9 Å². The maximum absolute atomic E-state index is 12.4. The molecule has 2 rings (SSSR count). The molecule has 1 aliphatic rings. The second-order valence-electron chi connectivity index (χ2n) is 5.72. The predicted octanol–water partition coefficient (Wildman–Crippen LogP) is 2.45. The molecule has 1 aliphatic heterocycles. The van der Waals surface area contributed by atoms with Crippen LogP contribution < -0.4 is 5.32 Å². The summed E-state index contributed by atoms with van der Waals surface area (Å²) in [6.45, 7) is 3.00. The summed E-state index contributed by atoms with van der Waals surface area (Å²) in [5.41, 5.74) is -0.284. The van der Waals surface area contributed by atoms with Gasteiger partial charge in [0.25, 0.3) is 11.6 Å². The lowest BCUT2D eigenvalue weighted by Gasteiger charge is -2.29. The summed E-state index contributed by atoms with van der Waals surface area (Å²) in [4.78, 5) is 37.9. The van der Waals surface area contributed by atoms with E-state index in [1.54, 1.807) is 17.9 Å². The van der Waals surface area contributed by atoms with Crippen molar-refractivity contribution in [1.82, 2.24) is 10.2 Å². The molecule has 8 heteroatoms. The number of likely N-dealkylation sites (tertiary alicyclic amines) is 1. The largest absolute Gasteiger partial charge is 0.341 e. The summed E-state index contributed by atoms with van der Waals surface area (Å²) >= 11 is 1.39. The number of nitrogens with zero attached hydrogens (tertiary/aromatic N) is 2. The highest BCUT2D eigenvalue weighted by Gasteiger charge is 2.26. The summed E-state index contributed by atoms with van der Waals surface area (Å²) in [5, 5.41) is 13.7. The number of nitro benzene ring substituents is 1. The maximum atomic E-state index is 12.4. The number of piperidine rings is 1. The van der Waals surface area contributed by atoms with Gasteiger partial charge in [-0.1, -0.05) is 0 Å². The number of amides is 2. The minimum absolute atomic E-state index is 0.0230. The molecule has 1 saturated heterocycles. The Balaban J connectivity index is 2.13. The van der Waals surface area contributed by atoms with Gasteiger partial charge in [-0.3, -0.25) is 19.7 Å². The molecule has 0 aliphatic carbocycles. The summed E-state index contributed by atoms with van der Waals surface area (Å²) in [6, 6.07) is 3.68. The quantitative estimate of drug-likeness (QED) is 0.500. The van der Waals surface area contributed by atoms with Gasteiger partial charge in [-0.15, -0.1) is 11.8 Å². The van der Waals surface area contributed by atoms with Gasteiger partial charge in [0.1, 0.15) is 11.6 Å². The molecule has 2 amide bonds. The van der Waals surface area contributed by atoms with Crippen molar-refractivity contribution in [2.75, 3.05) is 19.3 Å². The number of hydrogen-bond donors (Lipinski definition) is 1. The van der Waals surface area contributed by atoms with E-state index in [2.05, 4.69) is 5.32 Å². The van der Waals surface area contributed by atoms with Crippen LogP contribution in [0.5, 0.6) is 0 Å². The molecule has 0 spiro atoms. The molecule has 0 radical (unpaired) electrons. The third-order valence-corrected chi connectivity index (χ3v) is 4.76. The molecule has 24 heavy (non-hydrogen) atoms. The van der Waals surface area contributed by atoms with E-state index in [1.165, 1.54) is 23.9 Å². The molecule has 0 aromatic heterocycles. The van der Waals surface area contributed by atoms with Crippen LogP contribution in [0.25, 0.3) is 0 Å². The van der Waals surface area contributed by atoms with Crippen LogP contribution in [-0.2, 0) is 4.79 Å². The van der Waals surface area contributed by atoms with Crippen molar-refractivity contribution in [2.45, 2.75) is 37.1 Å². The molecule has 1 aromatic rings. The maximum Gasteiger partial charge on any atom is 0.282 e. The molecule has 1 heterocycles. The van der Waals surface area contributed by atoms with Crippen LogP contribution in [0, 0.1) is 10.1 Å². The number of thioether (sulfide) groups is 1. The zero-order chi connectivity index (χ0) is 17.7. The zero-order valence-electron chi connectivity index (χ0n) is 13.8. The fraction of sp³-hybridized carbons (Fsp3) is 0.500. The summed E-state index contributed by atoms with van der Waals surface area (Å²) in [7, 11) is 0. The second kappa shape index (κ2) is 8.14. The van der Waals surface area contributed by atoms with Crippen LogP contribution in [0.3, 0.4) is 0 Å². The Morgan fingerprint density at radius 2 is 1.96 bits per heavy atom. The Labute approximate surface area is 144 Å². The molecule has 1 atom stereocenters. The van der Waals surface area contributed by atoms with E-state index in [0.717, 1.165) is 24.2 Å². The summed E-state index contributed by atoms with van der Waals surface area (Å²) < 4.78 is 0. The van der Waals surface area contributed by atoms with Crippen LogP contribution in [-0.4, -0.2) is 47.0 Å². The van der Waals surface area contributed by atoms with E-state index in [0.29, 0.717) is 13.1 Å². The molecule has 1 aromatic carbocycles. The molecular formula is C16H21N3O4S. The third-order valence-electron chi connectivity index (χ3n) is 4.03. The lowest BCUT2D eigenvalue weighted by Crippen LogP contribution is -2.48. The second-order valence-corrected chi connectivity index (χ2v) is 6.60. The van der Waals surface area contributed by atoms with Crippen LogP contribution in [0.1, 0.15) is 36.5 Å². The Bertz CT molecular complexity index is 644. The Morgan fingerprint density at radius 1 is 1.29 bits per heavy atom. The fourth-order valence-corrected chi connectivity index (χ4v) is 3.15. The molecular weight excluding hydrogens is 330 g/mol. The van der Waals surface area contributed by atoms with E-state index in [-0.39, 0.29) is 17.2 Å². The van der Waals surface area contributed by atoms with Crippen LogP contribution in [0.4, 0.5) is 5.69 Å². The van der Waals surface area contributed by atoms with Gasteiger partial charge in [0.2, 0.25) is 5.91 Å². The van der Waals surface area contributed by atoms with Gasteiger partial charge in [0, 0.05) is 24.1 Å². The van der Waals surface area contributed by atoms with Crippen LogP contribution >= 0.6 is 11.8 Å². The summed E-state index contributed by atoms with van der Waals surface area (Å²) in [6.07, 6.45) is 4.87. The van der Waals surface area contributed by atoms with E-state index < -0.39 is 16.9 Å². The number of carbonyl (C=O) groups excluding carboxylic acids is 2. The normalized spacial score (nSPS) is 15.7. The smallest absolute Gasteiger partial charge is 0.282 e. The van der Waals surface area contributed by atoms with Crippen LogP contribution in [0.15, 0.2) is 23.1 Å². The van der Waals surface area contributed by atoms with Crippen LogP contribution in [0.2, 0.25) is 0 Å². The highest BCUT2D eigenvalue weighted by Crippen LogP contribution is 2.25. The van der Waals surface area contributed by atoms with Crippen molar-refractivity contribution in [1.29, 1.82) is 0 Å². The number of nitrogens with one attached hydrogen (secondary N) is 1. The number of rotatable bonds is 5. The minimum Gasteiger partial charge on any atom is -0.341 e. The first-order valence-corrected chi connectivity index (χ1v) is 9.08. The molecule has 7 nitrogen and oxygen atoms in total. The van der Waals surface area contributed by atoms with Crippen molar-refractivity contribution in [3.63, 3.8) is 0 Å². The van der Waals surface area contributed by atoms with Gasteiger partial charge < -0.3 is 10.2 Å². The summed E-state index contributed by atoms with van der Waals surface area (Å²) in [5.74, 6) is -0.748. The molecule has 0 unspecified atom stereocenters. The Kier molecular flexibility index (Phi) is 6.19. The highest BCUT2D eigenvalue weighted by molar-refractivity contribution is 7.98. The SMILES string of the molecule is CSc1ccc([N+](=O)[O-])c(C(=O)N[C@@H](C)C(=O)N2CCCCC2)c1. The molecule has 130 valence electrons. The van der Waals surface area contributed by atoms with E-state index in [9.17, 15) is 19.7 Å². The average Bonchev–Trinajstić information content (AvgIpc) is 2.60. The Hall–Kier alpha value is -2.09. The number of benzene rings is 1. The van der Waals surface area contributed by atoms with Gasteiger partial charge in [-0.25, -0.2) is 0 Å². The monoisotopic (exact) mass is 351 g/mol. The number of carbonyl (C=O) groups is 2. The van der Waals surface area contributed by atoms with Gasteiger partial charge in [0.15, 0.2) is 0 Å². The van der Waals surface area contributed by atoms with Crippen molar-refractivity contribution < 1.29 is 14.5 Å². The topological polar surface area (TPSA) is 92.5 Å². The average molecular weight is 351 g/mol.